The van der Waals surface area contributed by atoms with Crippen LogP contribution in [-0.2, 0) is 16.0 Å². The number of carbonyl (C=O) groups excluding carboxylic acids is 2. The van der Waals surface area contributed by atoms with Crippen LogP contribution in [0.25, 0.3) is 0 Å². The number of hydrogen-bond acceptors (Lipinski definition) is 4. The number of likely N-dealkylation sites (tertiary alicyclic amines) is 1. The molecule has 2 saturated heterocycles. The highest BCUT2D eigenvalue weighted by molar-refractivity contribution is 5.90. The molecule has 0 radical (unpaired) electrons. The fraction of sp³-hybridized carbons (Fsp3) is 0.704. The van der Waals surface area contributed by atoms with Gasteiger partial charge in [-0.3, -0.25) is 9.59 Å². The number of carbonyl (C=O) groups is 2. The van der Waals surface area contributed by atoms with Gasteiger partial charge >= 0.3 is 0 Å². The van der Waals surface area contributed by atoms with Crippen molar-refractivity contribution in [3.05, 3.63) is 35.9 Å². The Bertz CT molecular complexity index is 780. The van der Waals surface area contributed by atoms with Crippen LogP contribution in [0.2, 0.25) is 0 Å². The number of amides is 2. The van der Waals surface area contributed by atoms with Gasteiger partial charge in [0, 0.05) is 18.6 Å². The summed E-state index contributed by atoms with van der Waals surface area (Å²) in [7, 11) is 1.79. The molecule has 0 aromatic heterocycles. The van der Waals surface area contributed by atoms with Gasteiger partial charge < -0.3 is 20.9 Å². The summed E-state index contributed by atoms with van der Waals surface area (Å²) < 4.78 is 0. The molecule has 2 aliphatic heterocycles. The number of likely N-dealkylation sites (N-methyl/N-ethyl adjacent to an activating group) is 1. The molecular weight excluding hydrogens is 412 g/mol. The zero-order valence-electron chi connectivity index (χ0n) is 20.4. The third-order valence-corrected chi connectivity index (χ3v) is 8.30. The van der Waals surface area contributed by atoms with Gasteiger partial charge in [0.2, 0.25) is 11.8 Å². The van der Waals surface area contributed by atoms with Crippen LogP contribution in [0.1, 0.15) is 63.9 Å². The van der Waals surface area contributed by atoms with Gasteiger partial charge in [-0.15, -0.1) is 0 Å². The van der Waals surface area contributed by atoms with E-state index < -0.39 is 6.04 Å². The molecule has 2 amide bonds. The molecule has 5 atom stereocenters. The van der Waals surface area contributed by atoms with Crippen LogP contribution in [0.15, 0.2) is 30.3 Å². The molecular formula is C27H42N4O2. The Labute approximate surface area is 199 Å². The van der Waals surface area contributed by atoms with E-state index in [-0.39, 0.29) is 29.8 Å². The number of nitrogens with zero attached hydrogens (tertiary/aromatic N) is 1. The molecule has 6 nitrogen and oxygen atoms in total. The Hall–Kier alpha value is -1.92. The third-order valence-electron chi connectivity index (χ3n) is 8.30. The summed E-state index contributed by atoms with van der Waals surface area (Å²) in [5, 5.41) is 9.93. The van der Waals surface area contributed by atoms with Gasteiger partial charge in [0.15, 0.2) is 0 Å². The zero-order valence-corrected chi connectivity index (χ0v) is 20.4. The van der Waals surface area contributed by atoms with Crippen molar-refractivity contribution >= 4 is 11.8 Å². The highest BCUT2D eigenvalue weighted by Gasteiger charge is 2.46. The Kier molecular flexibility index (Phi) is 8.42. The van der Waals surface area contributed by atoms with Gasteiger partial charge in [-0.05, 0) is 76.4 Å². The fourth-order valence-electron chi connectivity index (χ4n) is 6.25. The van der Waals surface area contributed by atoms with Crippen molar-refractivity contribution in [2.45, 2.75) is 88.9 Å². The Balaban J connectivity index is 1.49. The molecule has 1 aliphatic carbocycles. The van der Waals surface area contributed by atoms with Gasteiger partial charge in [0.25, 0.3) is 0 Å². The first-order valence-corrected chi connectivity index (χ1v) is 13.1. The molecule has 1 saturated carbocycles. The van der Waals surface area contributed by atoms with Crippen molar-refractivity contribution in [1.29, 1.82) is 0 Å². The lowest BCUT2D eigenvalue weighted by Gasteiger charge is -2.42. The summed E-state index contributed by atoms with van der Waals surface area (Å²) in [5.41, 5.74) is 1.35. The number of hydrogen-bond donors (Lipinski definition) is 3. The van der Waals surface area contributed by atoms with Gasteiger partial charge in [-0.25, -0.2) is 0 Å². The topological polar surface area (TPSA) is 73.5 Å². The van der Waals surface area contributed by atoms with Crippen molar-refractivity contribution in [2.75, 3.05) is 20.1 Å². The lowest BCUT2D eigenvalue weighted by atomic mass is 9.82. The Morgan fingerprint density at radius 3 is 2.58 bits per heavy atom. The molecule has 33 heavy (non-hydrogen) atoms. The quantitative estimate of drug-likeness (QED) is 0.565. The lowest BCUT2D eigenvalue weighted by molar-refractivity contribution is -0.140. The van der Waals surface area contributed by atoms with E-state index in [1.807, 2.05) is 6.92 Å². The van der Waals surface area contributed by atoms with E-state index in [0.717, 1.165) is 64.5 Å². The molecule has 1 aromatic rings. The number of benzene rings is 1. The van der Waals surface area contributed by atoms with Crippen molar-refractivity contribution in [2.24, 2.45) is 11.8 Å². The van der Waals surface area contributed by atoms with Crippen molar-refractivity contribution in [1.82, 2.24) is 20.9 Å². The lowest BCUT2D eigenvalue weighted by Crippen LogP contribution is -2.61. The maximum atomic E-state index is 14.0. The highest BCUT2D eigenvalue weighted by atomic mass is 16.2. The first kappa shape index (κ1) is 24.2. The Morgan fingerprint density at radius 1 is 1.09 bits per heavy atom. The van der Waals surface area contributed by atoms with Gasteiger partial charge in [0.1, 0.15) is 6.04 Å². The molecule has 5 unspecified atom stereocenters. The standard InChI is InChI=1S/C27H42N4O2/c1-19(28-2)26(32)30-24(21-11-7-4-8-12-21)27(33)31-18-16-22-15-17-29-23(25(22)31)14-13-20-9-5-3-6-10-20/h3,5-6,9-10,19,21-25,28-29H,4,7-8,11-18H2,1-2H3,(H,30,32). The first-order chi connectivity index (χ1) is 16.1. The molecule has 0 spiro atoms. The van der Waals surface area contributed by atoms with Crippen LogP contribution in [0.5, 0.6) is 0 Å². The molecule has 6 heteroatoms. The second kappa shape index (κ2) is 11.5. The molecule has 3 fully saturated rings. The number of fused-ring (bicyclic) bond motifs is 1. The largest absolute Gasteiger partial charge is 0.343 e. The maximum absolute atomic E-state index is 14.0. The third kappa shape index (κ3) is 5.78. The maximum Gasteiger partial charge on any atom is 0.245 e. The molecule has 0 bridgehead atoms. The summed E-state index contributed by atoms with van der Waals surface area (Å²) >= 11 is 0. The van der Waals surface area contributed by atoms with E-state index in [0.29, 0.717) is 12.0 Å². The van der Waals surface area contributed by atoms with E-state index in [2.05, 4.69) is 51.2 Å². The molecule has 2 heterocycles. The van der Waals surface area contributed by atoms with Crippen molar-refractivity contribution in [3.63, 3.8) is 0 Å². The smallest absolute Gasteiger partial charge is 0.245 e. The van der Waals surface area contributed by atoms with Crippen molar-refractivity contribution < 1.29 is 9.59 Å². The second-order valence-electron chi connectivity index (χ2n) is 10.3. The first-order valence-electron chi connectivity index (χ1n) is 13.1. The predicted molar refractivity (Wildman–Crippen MR) is 132 cm³/mol. The summed E-state index contributed by atoms with van der Waals surface area (Å²) in [6.07, 6.45) is 9.87. The normalized spacial score (nSPS) is 27.6. The van der Waals surface area contributed by atoms with E-state index in [1.54, 1.807) is 7.05 Å². The Morgan fingerprint density at radius 2 is 1.85 bits per heavy atom. The van der Waals surface area contributed by atoms with Gasteiger partial charge in [-0.2, -0.15) is 0 Å². The number of piperidine rings is 1. The van der Waals surface area contributed by atoms with Gasteiger partial charge in [-0.1, -0.05) is 49.6 Å². The molecule has 3 aliphatic rings. The van der Waals surface area contributed by atoms with Crippen LogP contribution < -0.4 is 16.0 Å². The predicted octanol–water partition coefficient (Wildman–Crippen LogP) is 2.87. The summed E-state index contributed by atoms with van der Waals surface area (Å²) in [5.74, 6) is 0.895. The molecule has 4 rings (SSSR count). The number of rotatable bonds is 8. The SMILES string of the molecule is CNC(C)C(=O)NC(C(=O)N1CCC2CCNC(CCc3ccccc3)C21)C1CCCCC1. The van der Waals surface area contributed by atoms with Crippen LogP contribution in [0.4, 0.5) is 0 Å². The fourth-order valence-corrected chi connectivity index (χ4v) is 6.25. The summed E-state index contributed by atoms with van der Waals surface area (Å²) in [4.78, 5) is 29.0. The number of nitrogens with one attached hydrogen (secondary N) is 3. The molecule has 3 N–H and O–H groups in total. The average molecular weight is 455 g/mol. The van der Waals surface area contributed by atoms with Gasteiger partial charge in [0.05, 0.1) is 6.04 Å². The van der Waals surface area contributed by atoms with E-state index in [1.165, 1.54) is 12.0 Å². The van der Waals surface area contributed by atoms with Crippen LogP contribution in [-0.4, -0.2) is 61.0 Å². The molecule has 182 valence electrons. The minimum atomic E-state index is -0.399. The minimum Gasteiger partial charge on any atom is -0.343 e. The monoisotopic (exact) mass is 454 g/mol. The second-order valence-corrected chi connectivity index (χ2v) is 10.3. The average Bonchev–Trinajstić information content (AvgIpc) is 3.31. The van der Waals surface area contributed by atoms with Crippen LogP contribution in [0, 0.1) is 11.8 Å². The highest BCUT2D eigenvalue weighted by Crippen LogP contribution is 2.36. The van der Waals surface area contributed by atoms with E-state index in [9.17, 15) is 9.59 Å². The zero-order chi connectivity index (χ0) is 23.2. The summed E-state index contributed by atoms with van der Waals surface area (Å²) in [6.45, 7) is 3.71. The molecule has 1 aromatic carbocycles. The van der Waals surface area contributed by atoms with E-state index in [4.69, 9.17) is 0 Å². The van der Waals surface area contributed by atoms with Crippen LogP contribution >= 0.6 is 0 Å². The van der Waals surface area contributed by atoms with E-state index >= 15 is 0 Å². The van der Waals surface area contributed by atoms with Crippen LogP contribution in [0.3, 0.4) is 0 Å². The minimum absolute atomic E-state index is 0.0698. The van der Waals surface area contributed by atoms with Crippen molar-refractivity contribution in [3.8, 4) is 0 Å². The summed E-state index contributed by atoms with van der Waals surface area (Å²) in [6, 6.07) is 10.5. The number of aryl methyl sites for hydroxylation is 1.